The topological polar surface area (TPSA) is 55.0 Å². The van der Waals surface area contributed by atoms with E-state index in [9.17, 15) is 4.79 Å². The number of aromatic nitrogens is 2. The van der Waals surface area contributed by atoms with E-state index in [2.05, 4.69) is 16.9 Å². The third-order valence-corrected chi connectivity index (χ3v) is 4.48. The van der Waals surface area contributed by atoms with Crippen LogP contribution >= 0.6 is 23.6 Å². The molecule has 0 unspecified atom stereocenters. The minimum absolute atomic E-state index is 0.323. The third-order valence-electron chi connectivity index (χ3n) is 3.05. The minimum Gasteiger partial charge on any atom is -0.465 e. The molecular formula is C14H16N2O2S2. The highest BCUT2D eigenvalue weighted by Crippen LogP contribution is 2.34. The predicted molar refractivity (Wildman–Crippen MR) is 82.8 cm³/mol. The lowest BCUT2D eigenvalue weighted by atomic mass is 10.0. The number of nitrogens with one attached hydrogen (secondary N) is 1. The summed E-state index contributed by atoms with van der Waals surface area (Å²) in [6, 6.07) is 0. The fourth-order valence-electron chi connectivity index (χ4n) is 2.13. The largest absolute Gasteiger partial charge is 0.465 e. The molecule has 0 aliphatic carbocycles. The average molecular weight is 308 g/mol. The van der Waals surface area contributed by atoms with Gasteiger partial charge in [-0.1, -0.05) is 25.6 Å². The maximum Gasteiger partial charge on any atom is 0.348 e. The molecule has 4 nitrogen and oxygen atoms in total. The van der Waals surface area contributed by atoms with Crippen LogP contribution in [0.2, 0.25) is 0 Å². The van der Waals surface area contributed by atoms with Crippen molar-refractivity contribution in [2.75, 3.05) is 7.11 Å². The Hall–Kier alpha value is -1.53. The lowest BCUT2D eigenvalue weighted by molar-refractivity contribution is 0.0607. The van der Waals surface area contributed by atoms with Gasteiger partial charge in [0.2, 0.25) is 0 Å². The van der Waals surface area contributed by atoms with Gasteiger partial charge < -0.3 is 9.72 Å². The Morgan fingerprint density at radius 3 is 2.95 bits per heavy atom. The fourth-order valence-corrected chi connectivity index (χ4v) is 3.36. The van der Waals surface area contributed by atoms with Crippen molar-refractivity contribution in [3.05, 3.63) is 32.4 Å². The van der Waals surface area contributed by atoms with E-state index in [1.807, 2.05) is 12.3 Å². The van der Waals surface area contributed by atoms with Gasteiger partial charge >= 0.3 is 5.97 Å². The Morgan fingerprint density at radius 2 is 2.30 bits per heavy atom. The summed E-state index contributed by atoms with van der Waals surface area (Å²) in [5.74, 6) is -0.323. The van der Waals surface area contributed by atoms with Crippen LogP contribution in [0.15, 0.2) is 11.7 Å². The first-order chi connectivity index (χ1) is 9.60. The van der Waals surface area contributed by atoms with Crippen molar-refractivity contribution in [1.29, 1.82) is 0 Å². The predicted octanol–water partition coefficient (Wildman–Crippen LogP) is 3.92. The SMILES string of the molecule is CCCc1c(-c2c(C)csc2C(=O)OC)[nH]cnc1=S. The number of ether oxygens (including phenoxy) is 1. The molecule has 1 N–H and O–H groups in total. The molecule has 0 atom stereocenters. The van der Waals surface area contributed by atoms with Crippen LogP contribution in [0, 0.1) is 11.6 Å². The van der Waals surface area contributed by atoms with E-state index in [0.29, 0.717) is 9.52 Å². The maximum absolute atomic E-state index is 11.9. The first kappa shape index (κ1) is 14.9. The fraction of sp³-hybridized carbons (Fsp3) is 0.357. The Morgan fingerprint density at radius 1 is 1.55 bits per heavy atom. The molecule has 2 heterocycles. The highest BCUT2D eigenvalue weighted by atomic mass is 32.1. The van der Waals surface area contributed by atoms with E-state index >= 15 is 0 Å². The van der Waals surface area contributed by atoms with Gasteiger partial charge in [0.25, 0.3) is 0 Å². The van der Waals surface area contributed by atoms with Crippen molar-refractivity contribution in [1.82, 2.24) is 9.97 Å². The monoisotopic (exact) mass is 308 g/mol. The minimum atomic E-state index is -0.323. The van der Waals surface area contributed by atoms with Gasteiger partial charge in [-0.15, -0.1) is 11.3 Å². The number of hydrogen-bond donors (Lipinski definition) is 1. The Kier molecular flexibility index (Phi) is 4.67. The molecule has 2 aromatic rings. The van der Waals surface area contributed by atoms with E-state index in [1.54, 1.807) is 6.33 Å². The Labute approximate surface area is 126 Å². The number of carbonyl (C=O) groups excluding carboxylic acids is 1. The van der Waals surface area contributed by atoms with E-state index in [1.165, 1.54) is 18.4 Å². The summed E-state index contributed by atoms with van der Waals surface area (Å²) in [5.41, 5.74) is 3.77. The highest BCUT2D eigenvalue weighted by Gasteiger charge is 2.21. The van der Waals surface area contributed by atoms with Crippen LogP contribution < -0.4 is 0 Å². The first-order valence-corrected chi connectivity index (χ1v) is 7.62. The molecule has 0 spiro atoms. The Bertz CT molecular complexity index is 689. The number of esters is 1. The standard InChI is InChI=1S/C14H16N2O2S2/c1-4-5-9-11(15-7-16-13(9)19)10-8(2)6-20-12(10)14(17)18-3/h6-7H,4-5H2,1-3H3,(H,15,16,19). The summed E-state index contributed by atoms with van der Waals surface area (Å²) in [7, 11) is 1.39. The molecule has 20 heavy (non-hydrogen) atoms. The smallest absolute Gasteiger partial charge is 0.348 e. The van der Waals surface area contributed by atoms with Crippen LogP contribution in [0.4, 0.5) is 0 Å². The second-order valence-corrected chi connectivity index (χ2v) is 5.69. The van der Waals surface area contributed by atoms with Gasteiger partial charge in [0.15, 0.2) is 0 Å². The molecular weight excluding hydrogens is 292 g/mol. The molecule has 0 saturated heterocycles. The Balaban J connectivity index is 2.69. The van der Waals surface area contributed by atoms with Crippen molar-refractivity contribution in [2.24, 2.45) is 0 Å². The van der Waals surface area contributed by atoms with E-state index < -0.39 is 0 Å². The summed E-state index contributed by atoms with van der Waals surface area (Å²) in [5, 5.41) is 1.95. The van der Waals surface area contributed by atoms with Gasteiger partial charge in [0.05, 0.1) is 19.1 Å². The average Bonchev–Trinajstić information content (AvgIpc) is 2.82. The second kappa shape index (κ2) is 6.28. The molecule has 2 aromatic heterocycles. The number of aromatic amines is 1. The van der Waals surface area contributed by atoms with Crippen LogP contribution in [-0.2, 0) is 11.2 Å². The van der Waals surface area contributed by atoms with Crippen LogP contribution in [0.3, 0.4) is 0 Å². The highest BCUT2D eigenvalue weighted by molar-refractivity contribution is 7.71. The molecule has 0 radical (unpaired) electrons. The number of thiophene rings is 1. The lowest BCUT2D eigenvalue weighted by Crippen LogP contribution is -2.04. The molecule has 0 amide bonds. The number of rotatable bonds is 4. The van der Waals surface area contributed by atoms with Crippen molar-refractivity contribution < 1.29 is 9.53 Å². The second-order valence-electron chi connectivity index (χ2n) is 4.43. The number of aryl methyl sites for hydroxylation is 1. The zero-order chi connectivity index (χ0) is 14.7. The van der Waals surface area contributed by atoms with Gasteiger partial charge in [0, 0.05) is 11.1 Å². The quantitative estimate of drug-likeness (QED) is 0.687. The molecule has 0 aliphatic rings. The molecule has 2 rings (SSSR count). The van der Waals surface area contributed by atoms with Gasteiger partial charge in [-0.25, -0.2) is 9.78 Å². The molecule has 0 fully saturated rings. The van der Waals surface area contributed by atoms with Crippen LogP contribution in [0.1, 0.15) is 34.1 Å². The zero-order valence-corrected chi connectivity index (χ0v) is 13.3. The molecule has 106 valence electrons. The van der Waals surface area contributed by atoms with E-state index in [4.69, 9.17) is 17.0 Å². The number of nitrogens with zero attached hydrogens (tertiary/aromatic N) is 1. The summed E-state index contributed by atoms with van der Waals surface area (Å²) in [6.07, 6.45) is 3.37. The third kappa shape index (κ3) is 2.66. The number of carbonyl (C=O) groups is 1. The van der Waals surface area contributed by atoms with E-state index in [-0.39, 0.29) is 5.97 Å². The van der Waals surface area contributed by atoms with Gasteiger partial charge in [-0.3, -0.25) is 0 Å². The molecule has 0 aromatic carbocycles. The molecule has 0 aliphatic heterocycles. The van der Waals surface area contributed by atoms with Crippen molar-refractivity contribution in [3.8, 4) is 11.3 Å². The summed E-state index contributed by atoms with van der Waals surface area (Å²) in [6.45, 7) is 4.07. The van der Waals surface area contributed by atoms with Crippen molar-refractivity contribution >= 4 is 29.5 Å². The zero-order valence-electron chi connectivity index (χ0n) is 11.6. The van der Waals surface area contributed by atoms with Gasteiger partial charge in [-0.2, -0.15) is 0 Å². The molecule has 0 bridgehead atoms. The number of methoxy groups -OCH3 is 1. The van der Waals surface area contributed by atoms with Crippen LogP contribution in [-0.4, -0.2) is 23.0 Å². The van der Waals surface area contributed by atoms with Crippen molar-refractivity contribution in [3.63, 3.8) is 0 Å². The number of H-pyrrole nitrogens is 1. The van der Waals surface area contributed by atoms with E-state index in [0.717, 1.165) is 35.2 Å². The molecule has 6 heteroatoms. The van der Waals surface area contributed by atoms with Crippen LogP contribution in [0.25, 0.3) is 11.3 Å². The normalized spacial score (nSPS) is 10.6. The van der Waals surface area contributed by atoms with Crippen molar-refractivity contribution in [2.45, 2.75) is 26.7 Å². The summed E-state index contributed by atoms with van der Waals surface area (Å²) >= 11 is 6.70. The van der Waals surface area contributed by atoms with Crippen LogP contribution in [0.5, 0.6) is 0 Å². The first-order valence-electron chi connectivity index (χ1n) is 6.33. The van der Waals surface area contributed by atoms with Gasteiger partial charge in [0.1, 0.15) is 9.52 Å². The maximum atomic E-state index is 11.9. The lowest BCUT2D eigenvalue weighted by Gasteiger charge is -2.10. The summed E-state index contributed by atoms with van der Waals surface area (Å²) in [4.78, 5) is 19.8. The number of hydrogen-bond acceptors (Lipinski definition) is 5. The van der Waals surface area contributed by atoms with Gasteiger partial charge in [-0.05, 0) is 24.3 Å². The molecule has 0 saturated carbocycles. The summed E-state index contributed by atoms with van der Waals surface area (Å²) < 4.78 is 5.44.